The van der Waals surface area contributed by atoms with E-state index in [0.717, 1.165) is 4.90 Å². The van der Waals surface area contributed by atoms with Gasteiger partial charge in [-0.1, -0.05) is 65.7 Å². The van der Waals surface area contributed by atoms with Crippen LogP contribution in [0.5, 0.6) is 0 Å². The third kappa shape index (κ3) is 12.0. The number of hydrogen-bond donors (Lipinski definition) is 6. The Balaban J connectivity index is 0.921. The van der Waals surface area contributed by atoms with Crippen LogP contribution in [-0.4, -0.2) is 125 Å². The molecule has 1 saturated heterocycles. The van der Waals surface area contributed by atoms with Gasteiger partial charge >= 0.3 is 12.2 Å². The van der Waals surface area contributed by atoms with Crippen LogP contribution in [0.15, 0.2) is 60.2 Å². The lowest BCUT2D eigenvalue weighted by molar-refractivity contribution is -0.202. The lowest BCUT2D eigenvalue weighted by Gasteiger charge is -2.60. The SMILES string of the molecule is CCCC1O[C@@H]2CC3[C@@H]4C[C@H](F)C5=CC(=O)C=C[C@]5(C)C4[C@@H](O)C[C@]3(C)[C@]2(C(=O)COC(=O)OCc2ccc(NC(=O)[C@H](CCCNC(N)=O)NC(=O)C(NC(=O)CCCCCN3C(=O)C=CC3=O)C(C)C)cc2)O1. The molecule has 4 fully saturated rings. The molecule has 7 N–H and O–H groups in total. The van der Waals surface area contributed by atoms with Crippen molar-refractivity contribution in [1.82, 2.24) is 20.9 Å². The predicted molar refractivity (Wildman–Crippen MR) is 267 cm³/mol. The number of carbonyl (C=O) groups excluding carboxylic acids is 9. The molecule has 0 radical (unpaired) electrons. The number of anilines is 1. The number of alkyl halides is 1. The number of primary amides is 1. The van der Waals surface area contributed by atoms with Gasteiger partial charge in [0.2, 0.25) is 23.5 Å². The number of amides is 7. The van der Waals surface area contributed by atoms with Crippen LogP contribution < -0.4 is 27.0 Å². The highest BCUT2D eigenvalue weighted by Crippen LogP contribution is 2.70. The predicted octanol–water partition coefficient (Wildman–Crippen LogP) is 4.52. The first-order valence-corrected chi connectivity index (χ1v) is 26.1. The summed E-state index contributed by atoms with van der Waals surface area (Å²) in [5.74, 6) is -4.64. The van der Waals surface area contributed by atoms with Gasteiger partial charge in [-0.15, -0.1) is 0 Å². The van der Waals surface area contributed by atoms with Gasteiger partial charge in [-0.2, -0.15) is 0 Å². The molecule has 2 heterocycles. The molecule has 0 bridgehead atoms. The van der Waals surface area contributed by atoms with Gasteiger partial charge in [-0.3, -0.25) is 38.5 Å². The van der Waals surface area contributed by atoms with Gasteiger partial charge in [0.25, 0.3) is 11.8 Å². The first-order valence-electron chi connectivity index (χ1n) is 26.1. The molecule has 12 atom stereocenters. The lowest BCUT2D eigenvalue weighted by atomic mass is 9.46. The van der Waals surface area contributed by atoms with E-state index in [1.807, 2.05) is 20.8 Å². The number of nitrogens with two attached hydrogens (primary N) is 1. The summed E-state index contributed by atoms with van der Waals surface area (Å²) in [7, 11) is 0. The second-order valence-corrected chi connectivity index (χ2v) is 21.4. The standard InChI is InChI=1S/C54H71FN6O14/c1-6-11-45-74-41-26-35-34-25-37(55)36-24-33(62)20-21-52(36,4)46(34)39(63)27-53(35,5)54(41,75-45)40(64)29-73-51(71)72-28-31-14-16-32(17-15-31)58-48(68)38(12-10-22-57-50(56)70)59-49(69)47(30(2)3)60-42(65)13-8-7-9-23-61-43(66)18-19-44(61)67/h14-21,24,30,34-35,37-39,41,45-47,63H,6-13,22-23,25-29H2,1-5H3,(H,58,68)(H,59,69)(H,60,65)(H3,56,57,70)/t34-,35?,37-,38-,39-,41+,45?,46?,47?,52-,53-,54+/m0/s1. The number of Topliss-reactive ketones (excluding diaryl/α,β-unsaturated/α-hetero) is 1. The molecular weight excluding hydrogens is 976 g/mol. The number of carbonyl (C=O) groups is 9. The number of ether oxygens (including phenoxy) is 4. The van der Waals surface area contributed by atoms with E-state index < -0.39 is 95.5 Å². The molecule has 21 heteroatoms. The zero-order valence-electron chi connectivity index (χ0n) is 43.2. The fraction of sp³-hybridized carbons (Fsp3) is 0.611. The Kier molecular flexibility index (Phi) is 17.8. The third-order valence-corrected chi connectivity index (χ3v) is 16.2. The summed E-state index contributed by atoms with van der Waals surface area (Å²) in [5, 5.41) is 22.7. The minimum absolute atomic E-state index is 0.0631. The number of hydrogen-bond acceptors (Lipinski definition) is 14. The smallest absolute Gasteiger partial charge is 0.429 e. The lowest BCUT2D eigenvalue weighted by Crippen LogP contribution is -2.64. The van der Waals surface area contributed by atoms with Crippen LogP contribution in [0.4, 0.5) is 19.7 Å². The maximum absolute atomic E-state index is 16.1. The van der Waals surface area contributed by atoms with Crippen LogP contribution in [0.25, 0.3) is 0 Å². The number of benzene rings is 1. The molecule has 408 valence electrons. The van der Waals surface area contributed by atoms with Crippen molar-refractivity contribution in [3.8, 4) is 0 Å². The average Bonchev–Trinajstić information content (AvgIpc) is 3.98. The molecule has 20 nitrogen and oxygen atoms in total. The van der Waals surface area contributed by atoms with Crippen LogP contribution in [0.1, 0.15) is 111 Å². The molecule has 0 spiro atoms. The summed E-state index contributed by atoms with van der Waals surface area (Å²) in [6, 6.07) is 3.42. The zero-order chi connectivity index (χ0) is 54.4. The Morgan fingerprint density at radius 3 is 2.33 bits per heavy atom. The summed E-state index contributed by atoms with van der Waals surface area (Å²) in [6.07, 6.45) is 5.62. The Morgan fingerprint density at radius 1 is 0.933 bits per heavy atom. The minimum atomic E-state index is -1.61. The molecule has 2 aliphatic heterocycles. The molecule has 1 aromatic carbocycles. The number of urea groups is 1. The number of fused-ring (bicyclic) bond motifs is 7. The van der Waals surface area contributed by atoms with Gasteiger partial charge in [0.15, 0.2) is 24.3 Å². The minimum Gasteiger partial charge on any atom is -0.429 e. The van der Waals surface area contributed by atoms with Gasteiger partial charge in [0, 0.05) is 54.1 Å². The Morgan fingerprint density at radius 2 is 1.65 bits per heavy atom. The molecule has 75 heavy (non-hydrogen) atoms. The molecule has 4 aliphatic carbocycles. The number of aliphatic hydroxyl groups excluding tert-OH is 1. The molecule has 0 aromatic heterocycles. The van der Waals surface area contributed by atoms with Crippen molar-refractivity contribution in [3.05, 3.63) is 65.8 Å². The summed E-state index contributed by atoms with van der Waals surface area (Å²) in [6.45, 7) is 8.55. The number of rotatable bonds is 23. The van der Waals surface area contributed by atoms with Gasteiger partial charge in [0.1, 0.15) is 24.9 Å². The normalized spacial score (nSPS) is 30.1. The quantitative estimate of drug-likeness (QED) is 0.0499. The topological polar surface area (TPSA) is 288 Å². The van der Waals surface area contributed by atoms with Crippen molar-refractivity contribution in [2.75, 3.05) is 25.0 Å². The Labute approximate surface area is 435 Å². The number of allylic oxidation sites excluding steroid dienone is 4. The monoisotopic (exact) mass is 1050 g/mol. The fourth-order valence-corrected chi connectivity index (χ4v) is 12.6. The van der Waals surface area contributed by atoms with Crippen LogP contribution >= 0.6 is 0 Å². The van der Waals surface area contributed by atoms with Crippen molar-refractivity contribution >= 4 is 59.0 Å². The molecule has 1 aromatic rings. The highest BCUT2D eigenvalue weighted by molar-refractivity contribution is 6.12. The summed E-state index contributed by atoms with van der Waals surface area (Å²) >= 11 is 0. The fourth-order valence-electron chi connectivity index (χ4n) is 12.6. The first kappa shape index (κ1) is 56.4. The number of nitrogens with one attached hydrogen (secondary N) is 4. The van der Waals surface area contributed by atoms with E-state index in [9.17, 15) is 48.3 Å². The van der Waals surface area contributed by atoms with E-state index in [4.69, 9.17) is 24.7 Å². The number of aliphatic hydroxyl groups is 1. The van der Waals surface area contributed by atoms with E-state index >= 15 is 4.39 Å². The van der Waals surface area contributed by atoms with Crippen LogP contribution in [0, 0.1) is 34.5 Å². The number of ketones is 2. The second kappa shape index (κ2) is 23.7. The maximum atomic E-state index is 16.1. The summed E-state index contributed by atoms with van der Waals surface area (Å²) in [4.78, 5) is 116. The Hall–Kier alpha value is -6.32. The highest BCUT2D eigenvalue weighted by atomic mass is 19.1. The van der Waals surface area contributed by atoms with Crippen molar-refractivity contribution in [2.45, 2.75) is 154 Å². The van der Waals surface area contributed by atoms with Crippen molar-refractivity contribution in [1.29, 1.82) is 0 Å². The third-order valence-electron chi connectivity index (χ3n) is 16.2. The van der Waals surface area contributed by atoms with Crippen LogP contribution in [0.3, 0.4) is 0 Å². The van der Waals surface area contributed by atoms with E-state index in [-0.39, 0.29) is 93.1 Å². The van der Waals surface area contributed by atoms with E-state index in [1.165, 1.54) is 24.3 Å². The van der Waals surface area contributed by atoms with E-state index in [2.05, 4.69) is 21.3 Å². The molecule has 3 saturated carbocycles. The summed E-state index contributed by atoms with van der Waals surface area (Å²) < 4.78 is 39.9. The molecule has 6 aliphatic rings. The van der Waals surface area contributed by atoms with E-state index in [1.54, 1.807) is 44.2 Å². The van der Waals surface area contributed by atoms with Crippen LogP contribution in [0.2, 0.25) is 0 Å². The first-order chi connectivity index (χ1) is 35.6. The number of halogens is 1. The maximum Gasteiger partial charge on any atom is 0.509 e. The molecule has 7 amide bonds. The van der Waals surface area contributed by atoms with E-state index in [0.29, 0.717) is 55.3 Å². The highest BCUT2D eigenvalue weighted by Gasteiger charge is 2.76. The van der Waals surface area contributed by atoms with Crippen molar-refractivity contribution < 1.29 is 71.6 Å². The van der Waals surface area contributed by atoms with Gasteiger partial charge in [-0.05, 0) is 105 Å². The van der Waals surface area contributed by atoms with Crippen LogP contribution in [-0.2, 0) is 59.1 Å². The summed E-state index contributed by atoms with van der Waals surface area (Å²) in [5.41, 5.74) is 2.86. The molecular formula is C54H71FN6O14. The van der Waals surface area contributed by atoms with Gasteiger partial charge in [-0.25, -0.2) is 14.0 Å². The Bertz CT molecular complexity index is 2460. The number of imide groups is 1. The largest absolute Gasteiger partial charge is 0.509 e. The van der Waals surface area contributed by atoms with Gasteiger partial charge < -0.3 is 51.1 Å². The van der Waals surface area contributed by atoms with Crippen molar-refractivity contribution in [2.24, 2.45) is 40.2 Å². The van der Waals surface area contributed by atoms with Crippen molar-refractivity contribution in [3.63, 3.8) is 0 Å². The molecule has 4 unspecified atom stereocenters. The van der Waals surface area contributed by atoms with Gasteiger partial charge in [0.05, 0.1) is 12.2 Å². The average molecular weight is 1050 g/mol. The number of unbranched alkanes of at least 4 members (excludes halogenated alkanes) is 2. The number of nitrogens with zero attached hydrogens (tertiary/aromatic N) is 1. The molecule has 7 rings (SSSR count). The second-order valence-electron chi connectivity index (χ2n) is 21.4. The zero-order valence-corrected chi connectivity index (χ0v) is 43.2.